The highest BCUT2D eigenvalue weighted by molar-refractivity contribution is 5.69. The molecule has 0 saturated carbocycles. The molecule has 2 N–H and O–H groups in total. The number of ether oxygens (including phenoxy) is 2. The van der Waals surface area contributed by atoms with E-state index in [1.807, 2.05) is 25.1 Å². The molecule has 106 valence electrons. The predicted molar refractivity (Wildman–Crippen MR) is 72.8 cm³/mol. The number of carboxylic acids is 1. The molecule has 0 heterocycles. The Labute approximate surface area is 113 Å². The van der Waals surface area contributed by atoms with E-state index in [9.17, 15) is 4.79 Å². The van der Waals surface area contributed by atoms with Crippen molar-refractivity contribution in [3.63, 3.8) is 0 Å². The van der Waals surface area contributed by atoms with E-state index in [1.165, 1.54) is 0 Å². The van der Waals surface area contributed by atoms with Gasteiger partial charge in [0.1, 0.15) is 0 Å². The average molecular weight is 267 g/mol. The molecule has 19 heavy (non-hydrogen) atoms. The van der Waals surface area contributed by atoms with E-state index < -0.39 is 11.9 Å². The van der Waals surface area contributed by atoms with Gasteiger partial charge in [0.05, 0.1) is 20.1 Å². The Morgan fingerprint density at radius 1 is 1.26 bits per heavy atom. The molecule has 0 aromatic heterocycles. The molecule has 1 rings (SSSR count). The Morgan fingerprint density at radius 2 is 1.89 bits per heavy atom. The van der Waals surface area contributed by atoms with Crippen LogP contribution in [0.15, 0.2) is 18.2 Å². The number of carboxylic acid groups (broad SMARTS) is 1. The van der Waals surface area contributed by atoms with Crippen molar-refractivity contribution < 1.29 is 19.4 Å². The van der Waals surface area contributed by atoms with Crippen molar-refractivity contribution >= 4 is 5.97 Å². The molecule has 1 aromatic rings. The molecule has 0 saturated heterocycles. The molecule has 0 radical (unpaired) electrons. The molecule has 0 aliphatic carbocycles. The van der Waals surface area contributed by atoms with E-state index in [-0.39, 0.29) is 6.04 Å². The molecule has 2 unspecified atom stereocenters. The highest BCUT2D eigenvalue weighted by Gasteiger charge is 2.14. The quantitative estimate of drug-likeness (QED) is 0.791. The Hall–Kier alpha value is -1.75. The summed E-state index contributed by atoms with van der Waals surface area (Å²) in [6.07, 6.45) is 0. The minimum absolute atomic E-state index is 0.0432. The van der Waals surface area contributed by atoms with Gasteiger partial charge in [-0.2, -0.15) is 0 Å². The maximum absolute atomic E-state index is 10.8. The molecule has 5 nitrogen and oxygen atoms in total. The summed E-state index contributed by atoms with van der Waals surface area (Å²) >= 11 is 0. The SMILES string of the molecule is COc1ccc(C(C)NCC(C)C(=O)O)cc1OC. The van der Waals surface area contributed by atoms with Crippen molar-refractivity contribution in [2.24, 2.45) is 5.92 Å². The Balaban J connectivity index is 2.71. The Bertz CT molecular complexity index is 433. The lowest BCUT2D eigenvalue weighted by Crippen LogP contribution is -2.28. The average Bonchev–Trinajstić information content (AvgIpc) is 2.43. The molecule has 0 aliphatic rings. The molecule has 0 bridgehead atoms. The second kappa shape index (κ2) is 6.99. The molecule has 1 aromatic carbocycles. The van der Waals surface area contributed by atoms with Gasteiger partial charge in [0.25, 0.3) is 0 Å². The third-order valence-electron chi connectivity index (χ3n) is 3.06. The van der Waals surface area contributed by atoms with Crippen LogP contribution in [0.4, 0.5) is 0 Å². The Kier molecular flexibility index (Phi) is 5.63. The summed E-state index contributed by atoms with van der Waals surface area (Å²) in [4.78, 5) is 10.8. The lowest BCUT2D eigenvalue weighted by atomic mass is 10.1. The maximum atomic E-state index is 10.8. The first-order chi connectivity index (χ1) is 8.99. The van der Waals surface area contributed by atoms with Crippen molar-refractivity contribution in [1.29, 1.82) is 0 Å². The zero-order valence-corrected chi connectivity index (χ0v) is 11.8. The highest BCUT2D eigenvalue weighted by Crippen LogP contribution is 2.29. The molecule has 0 aliphatic heterocycles. The van der Waals surface area contributed by atoms with E-state index in [0.717, 1.165) is 5.56 Å². The third kappa shape index (κ3) is 4.13. The predicted octanol–water partition coefficient (Wildman–Crippen LogP) is 2.08. The van der Waals surface area contributed by atoms with Crippen LogP contribution in [0.1, 0.15) is 25.5 Å². The van der Waals surface area contributed by atoms with Gasteiger partial charge in [-0.3, -0.25) is 4.79 Å². The van der Waals surface area contributed by atoms with Gasteiger partial charge in [-0.25, -0.2) is 0 Å². The van der Waals surface area contributed by atoms with Gasteiger partial charge in [0.2, 0.25) is 0 Å². The number of hydrogen-bond donors (Lipinski definition) is 2. The number of aliphatic carboxylic acids is 1. The van der Waals surface area contributed by atoms with E-state index in [0.29, 0.717) is 18.0 Å². The van der Waals surface area contributed by atoms with E-state index in [4.69, 9.17) is 14.6 Å². The van der Waals surface area contributed by atoms with Gasteiger partial charge in [-0.15, -0.1) is 0 Å². The summed E-state index contributed by atoms with van der Waals surface area (Å²) in [6.45, 7) is 4.08. The number of rotatable bonds is 7. The first kappa shape index (κ1) is 15.3. The van der Waals surface area contributed by atoms with Crippen LogP contribution in [-0.4, -0.2) is 31.8 Å². The van der Waals surface area contributed by atoms with Crippen molar-refractivity contribution in [2.75, 3.05) is 20.8 Å². The standard InChI is InChI=1S/C14H21NO4/c1-9(14(16)17)8-15-10(2)11-5-6-12(18-3)13(7-11)19-4/h5-7,9-10,15H,8H2,1-4H3,(H,16,17). The van der Waals surface area contributed by atoms with Crippen LogP contribution in [0, 0.1) is 5.92 Å². The summed E-state index contributed by atoms with van der Waals surface area (Å²) in [5.41, 5.74) is 1.02. The van der Waals surface area contributed by atoms with Crippen molar-refractivity contribution in [1.82, 2.24) is 5.32 Å². The minimum Gasteiger partial charge on any atom is -0.493 e. The largest absolute Gasteiger partial charge is 0.493 e. The van der Waals surface area contributed by atoms with Crippen LogP contribution in [-0.2, 0) is 4.79 Å². The van der Waals surface area contributed by atoms with Crippen LogP contribution in [0.3, 0.4) is 0 Å². The minimum atomic E-state index is -0.799. The van der Waals surface area contributed by atoms with Crippen LogP contribution in [0.25, 0.3) is 0 Å². The molecule has 2 atom stereocenters. The molecular weight excluding hydrogens is 246 g/mol. The third-order valence-corrected chi connectivity index (χ3v) is 3.06. The summed E-state index contributed by atoms with van der Waals surface area (Å²) in [6, 6.07) is 5.71. The fourth-order valence-electron chi connectivity index (χ4n) is 1.68. The second-order valence-corrected chi connectivity index (χ2v) is 4.48. The summed E-state index contributed by atoms with van der Waals surface area (Å²) < 4.78 is 10.4. The number of nitrogens with one attached hydrogen (secondary N) is 1. The summed E-state index contributed by atoms with van der Waals surface area (Å²) in [7, 11) is 3.18. The first-order valence-corrected chi connectivity index (χ1v) is 6.17. The zero-order valence-electron chi connectivity index (χ0n) is 11.8. The van der Waals surface area contributed by atoms with Crippen LogP contribution in [0.2, 0.25) is 0 Å². The van der Waals surface area contributed by atoms with E-state index >= 15 is 0 Å². The fourth-order valence-corrected chi connectivity index (χ4v) is 1.68. The lowest BCUT2D eigenvalue weighted by Gasteiger charge is -2.17. The van der Waals surface area contributed by atoms with Gasteiger partial charge in [-0.05, 0) is 24.6 Å². The maximum Gasteiger partial charge on any atom is 0.307 e. The van der Waals surface area contributed by atoms with Crippen LogP contribution < -0.4 is 14.8 Å². The molecule has 0 amide bonds. The molecule has 0 spiro atoms. The summed E-state index contributed by atoms with van der Waals surface area (Å²) in [5, 5.41) is 12.0. The monoisotopic (exact) mass is 267 g/mol. The number of hydrogen-bond acceptors (Lipinski definition) is 4. The second-order valence-electron chi connectivity index (χ2n) is 4.48. The van der Waals surface area contributed by atoms with Crippen molar-refractivity contribution in [2.45, 2.75) is 19.9 Å². The number of methoxy groups -OCH3 is 2. The van der Waals surface area contributed by atoms with Gasteiger partial charge in [0.15, 0.2) is 11.5 Å². The lowest BCUT2D eigenvalue weighted by molar-refractivity contribution is -0.140. The zero-order chi connectivity index (χ0) is 14.4. The van der Waals surface area contributed by atoms with Gasteiger partial charge < -0.3 is 19.9 Å². The molecular formula is C14H21NO4. The van der Waals surface area contributed by atoms with Gasteiger partial charge in [0, 0.05) is 12.6 Å². The summed E-state index contributed by atoms with van der Waals surface area (Å²) in [5.74, 6) is 0.131. The van der Waals surface area contributed by atoms with E-state index in [1.54, 1.807) is 21.1 Å². The molecule has 0 fully saturated rings. The first-order valence-electron chi connectivity index (χ1n) is 6.17. The van der Waals surface area contributed by atoms with Crippen molar-refractivity contribution in [3.8, 4) is 11.5 Å². The smallest absolute Gasteiger partial charge is 0.307 e. The fraction of sp³-hybridized carbons (Fsp3) is 0.500. The molecule has 5 heteroatoms. The number of benzene rings is 1. The highest BCUT2D eigenvalue weighted by atomic mass is 16.5. The van der Waals surface area contributed by atoms with Gasteiger partial charge in [-0.1, -0.05) is 13.0 Å². The van der Waals surface area contributed by atoms with E-state index in [2.05, 4.69) is 5.32 Å². The normalized spacial score (nSPS) is 13.7. The van der Waals surface area contributed by atoms with Crippen LogP contribution in [0.5, 0.6) is 11.5 Å². The number of carbonyl (C=O) groups is 1. The van der Waals surface area contributed by atoms with Crippen LogP contribution >= 0.6 is 0 Å². The van der Waals surface area contributed by atoms with Gasteiger partial charge >= 0.3 is 5.97 Å². The Morgan fingerprint density at radius 3 is 2.42 bits per heavy atom. The van der Waals surface area contributed by atoms with Crippen molar-refractivity contribution in [3.05, 3.63) is 23.8 Å². The topological polar surface area (TPSA) is 67.8 Å².